The molecule has 0 saturated heterocycles. The topological polar surface area (TPSA) is 52.0 Å². The lowest BCUT2D eigenvalue weighted by Gasteiger charge is -1.96. The Morgan fingerprint density at radius 3 is 2.93 bits per heavy atom. The highest BCUT2D eigenvalue weighted by atomic mass is 16.3. The van der Waals surface area contributed by atoms with Gasteiger partial charge in [-0.05, 0) is 13.0 Å². The number of aryl methyl sites for hydroxylation is 1. The van der Waals surface area contributed by atoms with Crippen LogP contribution in [0.5, 0.6) is 0 Å². The van der Waals surface area contributed by atoms with Gasteiger partial charge in [0.15, 0.2) is 0 Å². The maximum Gasteiger partial charge on any atom is 0.208 e. The number of oxazole rings is 1. The number of nitrogens with zero attached hydrogens (tertiary/aromatic N) is 1. The fraction of sp³-hybridized carbons (Fsp3) is 0.182. The van der Waals surface area contributed by atoms with E-state index in [-0.39, 0.29) is 0 Å². The summed E-state index contributed by atoms with van der Waals surface area (Å²) >= 11 is 0. The second-order valence-corrected chi connectivity index (χ2v) is 3.20. The Hall–Kier alpha value is -1.61. The third-order valence-electron chi connectivity index (χ3n) is 2.04. The molecule has 0 spiro atoms. The molecule has 0 saturated carbocycles. The van der Waals surface area contributed by atoms with Crippen LogP contribution in [0.15, 0.2) is 34.9 Å². The monoisotopic (exact) mass is 188 g/mol. The van der Waals surface area contributed by atoms with Crippen LogP contribution in [0.1, 0.15) is 11.5 Å². The molecule has 2 N–H and O–H groups in total. The molecular weight excluding hydrogens is 176 g/mol. The van der Waals surface area contributed by atoms with Crippen LogP contribution in [-0.4, -0.2) is 4.98 Å². The average molecular weight is 188 g/mol. The quantitative estimate of drug-likeness (QED) is 0.785. The average Bonchev–Trinajstić information content (AvgIpc) is 2.66. The maximum absolute atomic E-state index is 5.41. The third kappa shape index (κ3) is 1.67. The molecule has 0 atom stereocenters. The molecule has 3 heteroatoms. The highest BCUT2D eigenvalue weighted by Gasteiger charge is 2.04. The summed E-state index contributed by atoms with van der Waals surface area (Å²) in [6, 6.07) is 8.12. The van der Waals surface area contributed by atoms with Gasteiger partial charge in [-0.1, -0.05) is 23.8 Å². The SMILES string of the molecule is Cc1cccc(-c2coc(CN)n2)c1. The van der Waals surface area contributed by atoms with E-state index in [0.717, 1.165) is 11.3 Å². The second kappa shape index (κ2) is 3.64. The van der Waals surface area contributed by atoms with E-state index >= 15 is 0 Å². The van der Waals surface area contributed by atoms with Gasteiger partial charge >= 0.3 is 0 Å². The smallest absolute Gasteiger partial charge is 0.208 e. The summed E-state index contributed by atoms with van der Waals surface area (Å²) in [5.41, 5.74) is 8.53. The van der Waals surface area contributed by atoms with Crippen molar-refractivity contribution in [2.24, 2.45) is 5.73 Å². The zero-order chi connectivity index (χ0) is 9.97. The van der Waals surface area contributed by atoms with E-state index in [4.69, 9.17) is 10.2 Å². The van der Waals surface area contributed by atoms with E-state index in [1.54, 1.807) is 6.26 Å². The predicted molar refractivity (Wildman–Crippen MR) is 54.6 cm³/mol. The van der Waals surface area contributed by atoms with Crippen LogP contribution in [0.4, 0.5) is 0 Å². The highest BCUT2D eigenvalue weighted by molar-refractivity contribution is 5.58. The Kier molecular flexibility index (Phi) is 2.33. The van der Waals surface area contributed by atoms with E-state index < -0.39 is 0 Å². The van der Waals surface area contributed by atoms with E-state index in [0.29, 0.717) is 12.4 Å². The number of hydrogen-bond donors (Lipinski definition) is 1. The molecule has 0 aliphatic carbocycles. The summed E-state index contributed by atoms with van der Waals surface area (Å²) in [5.74, 6) is 0.571. The molecule has 3 nitrogen and oxygen atoms in total. The predicted octanol–water partition coefficient (Wildman–Crippen LogP) is 2.11. The Morgan fingerprint density at radius 2 is 2.29 bits per heavy atom. The van der Waals surface area contributed by atoms with Crippen LogP contribution in [0.3, 0.4) is 0 Å². The minimum atomic E-state index is 0.339. The minimum absolute atomic E-state index is 0.339. The van der Waals surface area contributed by atoms with Gasteiger partial charge < -0.3 is 10.2 Å². The van der Waals surface area contributed by atoms with Crippen molar-refractivity contribution >= 4 is 0 Å². The number of aromatic nitrogens is 1. The molecule has 1 aromatic heterocycles. The van der Waals surface area contributed by atoms with Gasteiger partial charge in [0.05, 0.1) is 6.54 Å². The Labute approximate surface area is 82.6 Å². The van der Waals surface area contributed by atoms with E-state index in [1.165, 1.54) is 5.56 Å². The number of benzene rings is 1. The Balaban J connectivity index is 2.39. The lowest BCUT2D eigenvalue weighted by Crippen LogP contribution is -1.95. The normalized spacial score (nSPS) is 10.4. The first-order valence-corrected chi connectivity index (χ1v) is 4.51. The van der Waals surface area contributed by atoms with Crippen molar-refractivity contribution in [2.45, 2.75) is 13.5 Å². The molecule has 2 aromatic rings. The van der Waals surface area contributed by atoms with Gasteiger partial charge in [-0.2, -0.15) is 0 Å². The van der Waals surface area contributed by atoms with Gasteiger partial charge in [-0.25, -0.2) is 4.98 Å². The van der Waals surface area contributed by atoms with Gasteiger partial charge in [-0.3, -0.25) is 0 Å². The first-order valence-electron chi connectivity index (χ1n) is 4.51. The molecular formula is C11H12N2O. The fourth-order valence-electron chi connectivity index (χ4n) is 1.34. The van der Waals surface area contributed by atoms with Crippen molar-refractivity contribution in [2.75, 3.05) is 0 Å². The number of rotatable bonds is 2. The van der Waals surface area contributed by atoms with Crippen molar-refractivity contribution in [3.63, 3.8) is 0 Å². The summed E-state index contributed by atoms with van der Waals surface area (Å²) < 4.78 is 5.17. The van der Waals surface area contributed by atoms with Gasteiger partial charge in [0.2, 0.25) is 5.89 Å². The lowest BCUT2D eigenvalue weighted by atomic mass is 10.1. The van der Waals surface area contributed by atoms with Crippen LogP contribution in [0.25, 0.3) is 11.3 Å². The van der Waals surface area contributed by atoms with Crippen LogP contribution >= 0.6 is 0 Å². The summed E-state index contributed by atoms with van der Waals surface area (Å²) in [6.07, 6.45) is 1.64. The van der Waals surface area contributed by atoms with Crippen molar-refractivity contribution in [3.05, 3.63) is 42.0 Å². The summed E-state index contributed by atoms with van der Waals surface area (Å²) in [4.78, 5) is 4.25. The van der Waals surface area contributed by atoms with Crippen molar-refractivity contribution in [1.29, 1.82) is 0 Å². The molecule has 2 rings (SSSR count). The van der Waals surface area contributed by atoms with Gasteiger partial charge in [0.1, 0.15) is 12.0 Å². The maximum atomic E-state index is 5.41. The molecule has 0 fully saturated rings. The third-order valence-corrected chi connectivity index (χ3v) is 2.04. The van der Waals surface area contributed by atoms with Crippen molar-refractivity contribution < 1.29 is 4.42 Å². The minimum Gasteiger partial charge on any atom is -0.447 e. The lowest BCUT2D eigenvalue weighted by molar-refractivity contribution is 0.498. The summed E-state index contributed by atoms with van der Waals surface area (Å²) in [5, 5.41) is 0. The molecule has 0 aliphatic heterocycles. The molecule has 0 radical (unpaired) electrons. The Morgan fingerprint density at radius 1 is 1.43 bits per heavy atom. The zero-order valence-electron chi connectivity index (χ0n) is 8.03. The zero-order valence-corrected chi connectivity index (χ0v) is 8.03. The molecule has 72 valence electrons. The standard InChI is InChI=1S/C11H12N2O/c1-8-3-2-4-9(5-8)10-7-14-11(6-12)13-10/h2-5,7H,6,12H2,1H3. The number of nitrogens with two attached hydrogens (primary N) is 1. The van der Waals surface area contributed by atoms with Crippen LogP contribution < -0.4 is 5.73 Å². The highest BCUT2D eigenvalue weighted by Crippen LogP contribution is 2.19. The molecule has 0 aliphatic rings. The Bertz CT molecular complexity index is 434. The van der Waals surface area contributed by atoms with Crippen LogP contribution in [0.2, 0.25) is 0 Å². The van der Waals surface area contributed by atoms with Crippen molar-refractivity contribution in [1.82, 2.24) is 4.98 Å². The molecule has 0 bridgehead atoms. The summed E-state index contributed by atoms with van der Waals surface area (Å²) in [6.45, 7) is 2.39. The number of hydrogen-bond acceptors (Lipinski definition) is 3. The molecule has 1 heterocycles. The fourth-order valence-corrected chi connectivity index (χ4v) is 1.34. The van der Waals surface area contributed by atoms with E-state index in [9.17, 15) is 0 Å². The molecule has 0 unspecified atom stereocenters. The van der Waals surface area contributed by atoms with Gasteiger partial charge in [0, 0.05) is 5.56 Å². The molecule has 1 aromatic carbocycles. The van der Waals surface area contributed by atoms with Gasteiger partial charge in [0.25, 0.3) is 0 Å². The first kappa shape index (κ1) is 8.97. The summed E-state index contributed by atoms with van der Waals surface area (Å²) in [7, 11) is 0. The molecule has 0 amide bonds. The van der Waals surface area contributed by atoms with Crippen molar-refractivity contribution in [3.8, 4) is 11.3 Å². The first-order chi connectivity index (χ1) is 6.79. The largest absolute Gasteiger partial charge is 0.447 e. The second-order valence-electron chi connectivity index (χ2n) is 3.20. The van der Waals surface area contributed by atoms with Crippen LogP contribution in [0, 0.1) is 6.92 Å². The van der Waals surface area contributed by atoms with Gasteiger partial charge in [-0.15, -0.1) is 0 Å². The molecule has 14 heavy (non-hydrogen) atoms. The van der Waals surface area contributed by atoms with E-state index in [2.05, 4.69) is 11.1 Å². The van der Waals surface area contributed by atoms with E-state index in [1.807, 2.05) is 25.1 Å². The van der Waals surface area contributed by atoms with Crippen LogP contribution in [-0.2, 0) is 6.54 Å².